The molecule has 4 heterocycles. The van der Waals surface area contributed by atoms with Gasteiger partial charge in [-0.3, -0.25) is 33.6 Å². The van der Waals surface area contributed by atoms with Gasteiger partial charge in [0.15, 0.2) is 12.6 Å². The molecule has 15 N–H and O–H groups in total. The summed E-state index contributed by atoms with van der Waals surface area (Å²) in [6, 6.07) is -4.55. The fourth-order valence-electron chi connectivity index (χ4n) is 19.9. The van der Waals surface area contributed by atoms with Crippen LogP contribution in [0.4, 0.5) is 4.79 Å². The van der Waals surface area contributed by atoms with Gasteiger partial charge < -0.3 is 115 Å². The van der Waals surface area contributed by atoms with Crippen molar-refractivity contribution in [3.05, 3.63) is 11.6 Å². The van der Waals surface area contributed by atoms with E-state index in [1.54, 1.807) is 0 Å². The van der Waals surface area contributed by atoms with Crippen LogP contribution < -0.4 is 31.9 Å². The quantitative estimate of drug-likeness (QED) is 0.0210. The molecule has 680 valence electrons. The minimum atomic E-state index is -4.11. The summed E-state index contributed by atoms with van der Waals surface area (Å²) in [6.07, 6.45) is 8.81. The molecule has 4 saturated heterocycles. The minimum Gasteiger partial charge on any atom is -0.446 e. The lowest BCUT2D eigenvalue weighted by molar-refractivity contribution is -0.270. The highest BCUT2D eigenvalue weighted by atomic mass is 32.5. The molecule has 3 saturated carbocycles. The minimum absolute atomic E-state index is 0.00115. The van der Waals surface area contributed by atoms with Gasteiger partial charge in [0.05, 0.1) is 44.6 Å². The predicted octanol–water partition coefficient (Wildman–Crippen LogP) is 5.24. The number of aliphatic hydroxyl groups is 7. The highest BCUT2D eigenvalue weighted by Crippen LogP contribution is 2.67. The number of fused-ring (bicyclic) bond motifs is 5. The fraction of sp³-hybridized carbons (Fsp3) is 0.878. The van der Waals surface area contributed by atoms with E-state index in [0.29, 0.717) is 88.5 Å². The van der Waals surface area contributed by atoms with Crippen molar-refractivity contribution in [3.8, 4) is 0 Å². The normalized spacial score (nSPS) is 31.9. The first kappa shape index (κ1) is 99.8. The number of rotatable bonds is 49. The largest absolute Gasteiger partial charge is 0.697 e. The lowest BCUT2D eigenvalue weighted by Gasteiger charge is -2.58. The highest BCUT2D eigenvalue weighted by molar-refractivity contribution is 8.06. The Bertz CT molecular complexity index is 3350. The summed E-state index contributed by atoms with van der Waals surface area (Å²) in [6.45, 7) is 9.81. The van der Waals surface area contributed by atoms with Crippen LogP contribution in [-0.4, -0.2) is 273 Å². The molecule has 24 atom stereocenters. The number of amides is 8. The van der Waals surface area contributed by atoms with Crippen LogP contribution in [0.3, 0.4) is 0 Å². The molecule has 0 bridgehead atoms. The third kappa shape index (κ3) is 30.1. The van der Waals surface area contributed by atoms with Crippen molar-refractivity contribution in [2.75, 3.05) is 72.4 Å². The molecule has 8 aliphatic rings. The maximum Gasteiger partial charge on any atom is 0.697 e. The zero-order chi connectivity index (χ0) is 86.7. The second-order valence-corrected chi connectivity index (χ2v) is 39.0. The molecule has 34 nitrogen and oxygen atoms in total. The maximum atomic E-state index is 13.8. The molecule has 4 aliphatic heterocycles. The summed E-state index contributed by atoms with van der Waals surface area (Å²) in [4.78, 5) is 127. The van der Waals surface area contributed by atoms with Gasteiger partial charge in [-0.15, -0.1) is 9.05 Å². The van der Waals surface area contributed by atoms with Crippen molar-refractivity contribution >= 4 is 74.2 Å². The number of likely N-dealkylation sites (tertiary alicyclic amines) is 2. The molecule has 14 unspecified atom stereocenters. The van der Waals surface area contributed by atoms with Gasteiger partial charge >= 0.3 is 21.1 Å². The van der Waals surface area contributed by atoms with Crippen LogP contribution in [0.15, 0.2) is 11.6 Å². The summed E-state index contributed by atoms with van der Waals surface area (Å²) in [5.41, 5.74) is 2.03. The number of ether oxygens (including phenoxy) is 5. The number of hydrogen-bond donors (Lipinski definition) is 15. The van der Waals surface area contributed by atoms with E-state index in [4.69, 9.17) is 49.1 Å². The number of β-amino-alcohol motifs (C(OH)–C–C–N with tert-alkyl or cyclic N) is 1. The van der Waals surface area contributed by atoms with Gasteiger partial charge in [0.1, 0.15) is 73.6 Å². The van der Waals surface area contributed by atoms with Gasteiger partial charge in [-0.1, -0.05) is 78.4 Å². The first-order valence-corrected chi connectivity index (χ1v) is 47.6. The van der Waals surface area contributed by atoms with Gasteiger partial charge in [-0.2, -0.15) is 0 Å². The lowest BCUT2D eigenvalue weighted by atomic mass is 9.47. The van der Waals surface area contributed by atoms with Gasteiger partial charge in [-0.05, 0) is 180 Å². The molecular weight excluding hydrogens is 1610 g/mol. The van der Waals surface area contributed by atoms with Crippen LogP contribution in [-0.2, 0) is 87.2 Å². The number of aliphatic hydroxyl groups excluding tert-OH is 7. The van der Waals surface area contributed by atoms with Crippen molar-refractivity contribution in [3.63, 3.8) is 0 Å². The molecule has 7 fully saturated rings. The molecule has 0 radical (unpaired) electrons. The predicted molar refractivity (Wildman–Crippen MR) is 440 cm³/mol. The van der Waals surface area contributed by atoms with Crippen LogP contribution in [0.25, 0.3) is 0 Å². The van der Waals surface area contributed by atoms with Gasteiger partial charge in [0, 0.05) is 96.3 Å². The Morgan fingerprint density at radius 1 is 0.622 bits per heavy atom. The topological polar surface area (TPSA) is 488 Å². The summed E-state index contributed by atoms with van der Waals surface area (Å²) in [7, 11) is -2.81. The molecule has 8 amide bonds. The van der Waals surface area contributed by atoms with Crippen molar-refractivity contribution in [1.82, 2.24) is 41.7 Å². The Hall–Kier alpha value is -4.59. The first-order valence-electron chi connectivity index (χ1n) is 43.9. The maximum absolute atomic E-state index is 13.8. The average Bonchev–Trinajstić information content (AvgIpc) is 1.73. The Kier molecular flexibility index (Phi) is 40.9. The van der Waals surface area contributed by atoms with E-state index >= 15 is 0 Å². The summed E-state index contributed by atoms with van der Waals surface area (Å²) in [5, 5.41) is 88.2. The van der Waals surface area contributed by atoms with Gasteiger partial charge in [-0.25, -0.2) is 4.79 Å². The Morgan fingerprint density at radius 3 is 1.79 bits per heavy atom. The molecule has 0 spiro atoms. The number of unbranched alkanes of at least 4 members (excludes halogenated alkanes) is 7. The molecule has 8 rings (SSSR count). The van der Waals surface area contributed by atoms with E-state index in [2.05, 4.69) is 72.6 Å². The number of carbonyl (C=O) groups excluding carboxylic acids is 8. The van der Waals surface area contributed by atoms with Crippen LogP contribution >= 0.6 is 15.0 Å². The van der Waals surface area contributed by atoms with Gasteiger partial charge in [0.2, 0.25) is 41.4 Å². The number of nitrogens with zero attached hydrogens (tertiary/aromatic N) is 2. The standard InChI is InChI=1S/C82H140N8O26P2S/c1-50(2)21-20-22-51(3)61-30-31-62-60-29-28-54-41-58(32-34-81(54,6)63(60)33-35-82(61,62)7)113-80(105)85-38-16-9-11-27-70(99)90-45-59(43-56(90)49-112-118(107,108)119)116-117(106)111-48-55-42-57(95)44-89(55)69(98)26-10-8-15-37-84-77(104)64(88-68(97)25-14-19-40-110-79-72(87-53(5)94)76(103)74(101)66(47-92)115-79)23-12-17-36-83-67(96)24-13-18-39-109-78-71(86-52(4)93)75(102)73(100)65(46-91)114-78/h28,50-51,55-66,71-76,78-79,91-92,95,100-103H,8-27,29-49H2,1-7H3,(H7-,83,84,85,86,87,88,93,94,96,97,104,105,107,108,119)/p+1/t51-,55+,56+,57-,58+,59-,60?,61-,62?,63?,64+,65?,66?,71?,72?,73?,74?,75?,76?,78?,79?,81+,82-/m1/s1. The molecular formula is C82H141N8O26P2S+. The third-order valence-corrected chi connectivity index (χ3v) is 27.9. The lowest BCUT2D eigenvalue weighted by Crippen LogP contribution is -2.64. The molecule has 119 heavy (non-hydrogen) atoms. The van der Waals surface area contributed by atoms with Crippen LogP contribution in [0.1, 0.15) is 241 Å². The van der Waals surface area contributed by atoms with Crippen molar-refractivity contribution in [1.29, 1.82) is 0 Å². The number of carbonyl (C=O) groups is 8. The monoisotopic (exact) mass is 1750 g/mol. The summed E-state index contributed by atoms with van der Waals surface area (Å²) < 4.78 is 58.8. The second kappa shape index (κ2) is 48.8. The van der Waals surface area contributed by atoms with Crippen LogP contribution in [0, 0.1) is 46.3 Å². The summed E-state index contributed by atoms with van der Waals surface area (Å²) in [5.74, 6) is 1.82. The Morgan fingerprint density at radius 2 is 1.19 bits per heavy atom. The van der Waals surface area contributed by atoms with Crippen LogP contribution in [0.2, 0.25) is 0 Å². The van der Waals surface area contributed by atoms with E-state index in [9.17, 15) is 88.5 Å². The number of nitrogens with one attached hydrogen (secondary N) is 6. The number of hydrogen-bond acceptors (Lipinski definition) is 25. The molecule has 0 aromatic rings. The zero-order valence-electron chi connectivity index (χ0n) is 70.9. The molecule has 0 aromatic heterocycles. The average molecular weight is 1750 g/mol. The molecule has 4 aliphatic carbocycles. The smallest absolute Gasteiger partial charge is 0.446 e. The van der Waals surface area contributed by atoms with E-state index in [1.165, 1.54) is 74.2 Å². The number of allylic oxidation sites excluding steroid dienone is 1. The fourth-order valence-corrected chi connectivity index (χ4v) is 21.2. The van der Waals surface area contributed by atoms with E-state index < -0.39 is 150 Å². The van der Waals surface area contributed by atoms with E-state index in [-0.39, 0.29) is 133 Å². The molecule has 37 heteroatoms. The second-order valence-electron chi connectivity index (χ2n) is 35.4. The van der Waals surface area contributed by atoms with Crippen molar-refractivity contribution in [2.24, 2.45) is 46.3 Å². The SMILES string of the molecule is CC(=O)NC1C(OCCCCC(=O)NCCCC[C@H](NC(=O)CCCCOC2OC(CO)C(O)C(O)C2NC(C)=O)C(=O)NCCCCCC(=O)N2C[C@H](O)C[C@H]2CO[P+](=O)O[C@@H]2C[C@@H](COP(O)(O)=S)N(C(=O)CCCCCNC(=O)O[C@H]3CC[C@@]4(C)C(=CCC5C4CC[C@@]4(C)C5CC[C@@H]4[C@H](C)CCCC(C)C)C3)C2)OC(CO)C(O)C1O. The molecule has 0 aromatic carbocycles. The summed E-state index contributed by atoms with van der Waals surface area (Å²) >= 11 is 4.71. The highest BCUT2D eigenvalue weighted by Gasteiger charge is 2.60. The van der Waals surface area contributed by atoms with Crippen molar-refractivity contribution in [2.45, 2.75) is 339 Å². The van der Waals surface area contributed by atoms with E-state index in [1.807, 2.05) is 0 Å². The first-order chi connectivity index (χ1) is 56.6. The van der Waals surface area contributed by atoms with Crippen LogP contribution in [0.5, 0.6) is 0 Å². The van der Waals surface area contributed by atoms with Crippen molar-refractivity contribution < 1.29 is 126 Å². The third-order valence-electron chi connectivity index (χ3n) is 26.2. The number of alkyl carbamates (subject to hydrolysis) is 1. The van der Waals surface area contributed by atoms with E-state index in [0.717, 1.165) is 55.3 Å². The van der Waals surface area contributed by atoms with Gasteiger partial charge in [0.25, 0.3) is 0 Å². The Labute approximate surface area is 707 Å². The Balaban J connectivity index is 0.715. The zero-order valence-corrected chi connectivity index (χ0v) is 73.5.